The molecule has 1 heterocycles. The van der Waals surface area contributed by atoms with Crippen LogP contribution in [0.25, 0.3) is 0 Å². The van der Waals surface area contributed by atoms with Gasteiger partial charge in [0.2, 0.25) is 0 Å². The first kappa shape index (κ1) is 18.2. The van der Waals surface area contributed by atoms with Gasteiger partial charge < -0.3 is 18.9 Å². The molecule has 7 nitrogen and oxygen atoms in total. The van der Waals surface area contributed by atoms with E-state index >= 15 is 0 Å². The highest BCUT2D eigenvalue weighted by Gasteiger charge is 2.25. The second-order valence-electron chi connectivity index (χ2n) is 6.01. The van der Waals surface area contributed by atoms with Gasteiger partial charge in [-0.25, -0.2) is 4.79 Å². The van der Waals surface area contributed by atoms with E-state index in [-0.39, 0.29) is 23.3 Å². The summed E-state index contributed by atoms with van der Waals surface area (Å²) in [4.78, 5) is 12.5. The normalized spacial score (nSPS) is 17.7. The van der Waals surface area contributed by atoms with E-state index in [0.717, 1.165) is 11.1 Å². The van der Waals surface area contributed by atoms with Gasteiger partial charge in [0.1, 0.15) is 16.7 Å². The Balaban J connectivity index is 1.71. The Morgan fingerprint density at radius 1 is 1.15 bits per heavy atom. The van der Waals surface area contributed by atoms with E-state index in [4.69, 9.17) is 14.0 Å². The standard InChI is InChI=1S/C18H19NO6S/c1-13-2-8-16(9-3-13)26(22,23)25-15-6-4-14(5-7-15)17-12-19(18(20)21)10-11-24-17/h2-9,17H,10-12H2,1H3,(H,20,21)/t17-/m0/s1. The van der Waals surface area contributed by atoms with Gasteiger partial charge in [0.05, 0.1) is 13.2 Å². The Morgan fingerprint density at radius 3 is 2.42 bits per heavy atom. The van der Waals surface area contributed by atoms with E-state index in [0.29, 0.717) is 13.2 Å². The molecule has 0 saturated carbocycles. The Hall–Kier alpha value is -2.58. The molecule has 2 aromatic rings. The van der Waals surface area contributed by atoms with Crippen molar-refractivity contribution in [2.45, 2.75) is 17.9 Å². The summed E-state index contributed by atoms with van der Waals surface area (Å²) in [7, 11) is -3.91. The maximum Gasteiger partial charge on any atom is 0.407 e. The molecule has 1 N–H and O–H groups in total. The van der Waals surface area contributed by atoms with Gasteiger partial charge in [-0.05, 0) is 36.8 Å². The first-order chi connectivity index (χ1) is 12.3. The number of amides is 1. The van der Waals surface area contributed by atoms with Crippen molar-refractivity contribution in [3.63, 3.8) is 0 Å². The number of nitrogens with zero attached hydrogens (tertiary/aromatic N) is 1. The van der Waals surface area contributed by atoms with Crippen molar-refractivity contribution < 1.29 is 27.2 Å². The molecule has 1 fully saturated rings. The van der Waals surface area contributed by atoms with Crippen molar-refractivity contribution in [2.24, 2.45) is 0 Å². The van der Waals surface area contributed by atoms with E-state index < -0.39 is 16.2 Å². The maximum atomic E-state index is 12.3. The summed E-state index contributed by atoms with van der Waals surface area (Å²) in [5, 5.41) is 9.08. The molecule has 3 rings (SSSR count). The summed E-state index contributed by atoms with van der Waals surface area (Å²) in [6.07, 6.45) is -1.37. The largest absolute Gasteiger partial charge is 0.465 e. The summed E-state index contributed by atoms with van der Waals surface area (Å²) >= 11 is 0. The van der Waals surface area contributed by atoms with Gasteiger partial charge >= 0.3 is 16.2 Å². The van der Waals surface area contributed by atoms with Gasteiger partial charge in [0, 0.05) is 6.54 Å². The first-order valence-electron chi connectivity index (χ1n) is 8.06. The molecule has 1 saturated heterocycles. The number of morpholine rings is 1. The van der Waals surface area contributed by atoms with Gasteiger partial charge in [0.15, 0.2) is 0 Å². The van der Waals surface area contributed by atoms with Crippen LogP contribution in [-0.2, 0) is 14.9 Å². The molecule has 138 valence electrons. The van der Waals surface area contributed by atoms with Crippen LogP contribution in [0.15, 0.2) is 53.4 Å². The minimum Gasteiger partial charge on any atom is -0.465 e. The van der Waals surface area contributed by atoms with Crippen LogP contribution in [0.1, 0.15) is 17.2 Å². The van der Waals surface area contributed by atoms with E-state index in [1.165, 1.54) is 29.2 Å². The fourth-order valence-corrected chi connectivity index (χ4v) is 3.57. The van der Waals surface area contributed by atoms with Crippen LogP contribution in [0, 0.1) is 6.92 Å². The smallest absolute Gasteiger partial charge is 0.407 e. The third kappa shape index (κ3) is 4.14. The molecule has 0 aliphatic carbocycles. The Labute approximate surface area is 151 Å². The Kier molecular flexibility index (Phi) is 5.15. The highest BCUT2D eigenvalue weighted by molar-refractivity contribution is 7.87. The minimum absolute atomic E-state index is 0.0832. The average molecular weight is 377 g/mol. The number of hydrogen-bond acceptors (Lipinski definition) is 5. The van der Waals surface area contributed by atoms with Crippen molar-refractivity contribution in [1.82, 2.24) is 4.90 Å². The van der Waals surface area contributed by atoms with Gasteiger partial charge in [0.25, 0.3) is 0 Å². The fourth-order valence-electron chi connectivity index (χ4n) is 2.64. The molecule has 0 aromatic heterocycles. The van der Waals surface area contributed by atoms with Crippen molar-refractivity contribution in [3.8, 4) is 5.75 Å². The Bertz CT molecular complexity index is 877. The second kappa shape index (κ2) is 7.35. The maximum absolute atomic E-state index is 12.3. The molecular weight excluding hydrogens is 358 g/mol. The highest BCUT2D eigenvalue weighted by atomic mass is 32.2. The van der Waals surface area contributed by atoms with Crippen LogP contribution in [-0.4, -0.2) is 44.2 Å². The zero-order valence-electron chi connectivity index (χ0n) is 14.2. The van der Waals surface area contributed by atoms with Crippen LogP contribution in [0.5, 0.6) is 5.75 Å². The average Bonchev–Trinajstić information content (AvgIpc) is 2.62. The SMILES string of the molecule is Cc1ccc(S(=O)(=O)Oc2ccc([C@@H]3CN(C(=O)O)CCO3)cc2)cc1. The molecule has 2 aromatic carbocycles. The molecule has 1 amide bonds. The number of carboxylic acid groups (broad SMARTS) is 1. The summed E-state index contributed by atoms with van der Waals surface area (Å²) in [6.45, 7) is 2.75. The predicted octanol–water partition coefficient (Wildman–Crippen LogP) is 2.81. The monoisotopic (exact) mass is 377 g/mol. The fraction of sp³-hybridized carbons (Fsp3) is 0.278. The van der Waals surface area contributed by atoms with Gasteiger partial charge in [-0.1, -0.05) is 29.8 Å². The van der Waals surface area contributed by atoms with Crippen LogP contribution in [0.4, 0.5) is 4.79 Å². The summed E-state index contributed by atoms with van der Waals surface area (Å²) in [5.74, 6) is 0.181. The number of hydrogen-bond donors (Lipinski definition) is 1. The molecule has 0 spiro atoms. The van der Waals surface area contributed by atoms with Crippen molar-refractivity contribution >= 4 is 16.2 Å². The summed E-state index contributed by atoms with van der Waals surface area (Å²) in [6, 6.07) is 12.8. The van der Waals surface area contributed by atoms with Crippen molar-refractivity contribution in [3.05, 3.63) is 59.7 Å². The summed E-state index contributed by atoms with van der Waals surface area (Å²) < 4.78 is 35.4. The molecule has 1 atom stereocenters. The lowest BCUT2D eigenvalue weighted by Crippen LogP contribution is -2.41. The van der Waals surface area contributed by atoms with Crippen molar-refractivity contribution in [1.29, 1.82) is 0 Å². The molecule has 0 radical (unpaired) electrons. The molecule has 1 aliphatic heterocycles. The molecule has 1 aliphatic rings. The number of rotatable bonds is 4. The number of ether oxygens (including phenoxy) is 1. The van der Waals surface area contributed by atoms with Gasteiger partial charge in [-0.15, -0.1) is 0 Å². The molecule has 0 unspecified atom stereocenters. The zero-order chi connectivity index (χ0) is 18.7. The molecule has 26 heavy (non-hydrogen) atoms. The summed E-state index contributed by atoms with van der Waals surface area (Å²) in [5.41, 5.74) is 1.72. The van der Waals surface area contributed by atoms with E-state index in [1.807, 2.05) is 6.92 Å². The molecule has 8 heteroatoms. The number of benzene rings is 2. The lowest BCUT2D eigenvalue weighted by atomic mass is 10.1. The van der Waals surface area contributed by atoms with Gasteiger partial charge in [-0.3, -0.25) is 0 Å². The lowest BCUT2D eigenvalue weighted by molar-refractivity contribution is -0.0232. The van der Waals surface area contributed by atoms with Gasteiger partial charge in [-0.2, -0.15) is 8.42 Å². The van der Waals surface area contributed by atoms with Crippen molar-refractivity contribution in [2.75, 3.05) is 19.7 Å². The second-order valence-corrected chi connectivity index (χ2v) is 7.55. The first-order valence-corrected chi connectivity index (χ1v) is 9.46. The lowest BCUT2D eigenvalue weighted by Gasteiger charge is -2.31. The zero-order valence-corrected chi connectivity index (χ0v) is 15.0. The van der Waals surface area contributed by atoms with Crippen LogP contribution in [0.3, 0.4) is 0 Å². The van der Waals surface area contributed by atoms with Crippen LogP contribution in [0.2, 0.25) is 0 Å². The number of aryl methyl sites for hydroxylation is 1. The molecular formula is C18H19NO6S. The minimum atomic E-state index is -3.91. The Morgan fingerprint density at radius 2 is 1.81 bits per heavy atom. The molecule has 0 bridgehead atoms. The topological polar surface area (TPSA) is 93.1 Å². The van der Waals surface area contributed by atoms with E-state index in [2.05, 4.69) is 0 Å². The third-order valence-corrected chi connectivity index (χ3v) is 5.37. The van der Waals surface area contributed by atoms with Crippen LogP contribution < -0.4 is 4.18 Å². The predicted molar refractivity (Wildman–Crippen MR) is 93.7 cm³/mol. The third-order valence-electron chi connectivity index (χ3n) is 4.10. The van der Waals surface area contributed by atoms with E-state index in [9.17, 15) is 13.2 Å². The number of carbonyl (C=O) groups is 1. The highest BCUT2D eigenvalue weighted by Crippen LogP contribution is 2.26. The van der Waals surface area contributed by atoms with E-state index in [1.54, 1.807) is 24.3 Å². The van der Waals surface area contributed by atoms with Crippen LogP contribution >= 0.6 is 0 Å². The quantitative estimate of drug-likeness (QED) is 0.824.